The number of hydrogen-bond acceptors (Lipinski definition) is 2. The average Bonchev–Trinajstić information content (AvgIpc) is 2.37. The molecule has 17 heavy (non-hydrogen) atoms. The van der Waals surface area contributed by atoms with Crippen LogP contribution in [0.5, 0.6) is 5.75 Å². The van der Waals surface area contributed by atoms with Crippen LogP contribution >= 0.6 is 0 Å². The minimum absolute atomic E-state index is 0.145. The van der Waals surface area contributed by atoms with Crippen molar-refractivity contribution < 1.29 is 4.74 Å². The highest BCUT2D eigenvalue weighted by atomic mass is 16.5. The molecule has 0 radical (unpaired) electrons. The van der Waals surface area contributed by atoms with Crippen LogP contribution in [0.15, 0.2) is 36.4 Å². The molecule has 0 aliphatic rings. The van der Waals surface area contributed by atoms with Gasteiger partial charge < -0.3 is 10.5 Å². The number of rotatable bonds is 4. The van der Waals surface area contributed by atoms with E-state index in [1.165, 1.54) is 16.3 Å². The van der Waals surface area contributed by atoms with E-state index in [1.807, 2.05) is 12.1 Å². The van der Waals surface area contributed by atoms with Crippen molar-refractivity contribution in [3.63, 3.8) is 0 Å². The van der Waals surface area contributed by atoms with Gasteiger partial charge in [-0.15, -0.1) is 0 Å². The zero-order valence-electron chi connectivity index (χ0n) is 10.4. The van der Waals surface area contributed by atoms with Crippen molar-refractivity contribution in [2.75, 3.05) is 7.11 Å². The quantitative estimate of drug-likeness (QED) is 0.868. The van der Waals surface area contributed by atoms with Gasteiger partial charge in [0.1, 0.15) is 5.75 Å². The molecule has 2 N–H and O–H groups in total. The number of ether oxygens (including phenoxy) is 1. The van der Waals surface area contributed by atoms with E-state index in [0.29, 0.717) is 0 Å². The Bertz CT molecular complexity index is 507. The molecule has 0 saturated carbocycles. The van der Waals surface area contributed by atoms with E-state index in [4.69, 9.17) is 10.5 Å². The first-order valence-corrected chi connectivity index (χ1v) is 6.08. The summed E-state index contributed by atoms with van der Waals surface area (Å²) >= 11 is 0. The van der Waals surface area contributed by atoms with E-state index in [-0.39, 0.29) is 6.04 Å². The van der Waals surface area contributed by atoms with Gasteiger partial charge in [0.2, 0.25) is 0 Å². The van der Waals surface area contributed by atoms with E-state index in [0.717, 1.165) is 18.6 Å². The van der Waals surface area contributed by atoms with Gasteiger partial charge in [0.25, 0.3) is 0 Å². The Morgan fingerprint density at radius 1 is 1.12 bits per heavy atom. The Labute approximate surface area is 102 Å². The summed E-state index contributed by atoms with van der Waals surface area (Å²) in [6.07, 6.45) is 2.14. The lowest BCUT2D eigenvalue weighted by molar-refractivity contribution is 0.415. The van der Waals surface area contributed by atoms with E-state index >= 15 is 0 Å². The summed E-state index contributed by atoms with van der Waals surface area (Å²) in [5, 5.41) is 2.41. The molecule has 1 unspecified atom stereocenters. The Hall–Kier alpha value is -1.54. The number of hydrogen-bond donors (Lipinski definition) is 1. The zero-order chi connectivity index (χ0) is 12.3. The van der Waals surface area contributed by atoms with Crippen molar-refractivity contribution in [1.82, 2.24) is 0 Å². The predicted octanol–water partition coefficient (Wildman–Crippen LogP) is 3.65. The summed E-state index contributed by atoms with van der Waals surface area (Å²) in [5.74, 6) is 0.892. The third-order valence-corrected chi connectivity index (χ3v) is 3.10. The number of nitrogens with two attached hydrogens (primary N) is 1. The molecule has 0 aliphatic carbocycles. The van der Waals surface area contributed by atoms with Crippen molar-refractivity contribution in [3.8, 4) is 5.75 Å². The summed E-state index contributed by atoms with van der Waals surface area (Å²) < 4.78 is 5.21. The van der Waals surface area contributed by atoms with E-state index in [1.54, 1.807) is 7.11 Å². The lowest BCUT2D eigenvalue weighted by atomic mass is 9.99. The van der Waals surface area contributed by atoms with E-state index in [9.17, 15) is 0 Å². The molecule has 1 atom stereocenters. The van der Waals surface area contributed by atoms with Crippen LogP contribution in [0.4, 0.5) is 0 Å². The molecule has 2 aromatic carbocycles. The number of fused-ring (bicyclic) bond motifs is 1. The number of methoxy groups -OCH3 is 1. The van der Waals surface area contributed by atoms with Gasteiger partial charge in [-0.25, -0.2) is 0 Å². The van der Waals surface area contributed by atoms with Gasteiger partial charge in [0.15, 0.2) is 0 Å². The number of benzene rings is 2. The molecule has 2 aromatic rings. The monoisotopic (exact) mass is 229 g/mol. The molecule has 0 heterocycles. The second-order valence-electron chi connectivity index (χ2n) is 4.37. The second-order valence-corrected chi connectivity index (χ2v) is 4.37. The summed E-state index contributed by atoms with van der Waals surface area (Å²) in [4.78, 5) is 0. The smallest absolute Gasteiger partial charge is 0.119 e. The van der Waals surface area contributed by atoms with Crippen LogP contribution in [0.2, 0.25) is 0 Å². The van der Waals surface area contributed by atoms with Crippen molar-refractivity contribution in [3.05, 3.63) is 42.0 Å². The SMILES string of the molecule is CCCC(N)c1ccc2cc(OC)ccc2c1. The first-order chi connectivity index (χ1) is 8.24. The van der Waals surface area contributed by atoms with E-state index in [2.05, 4.69) is 31.2 Å². The Balaban J connectivity index is 2.37. The van der Waals surface area contributed by atoms with Crippen molar-refractivity contribution >= 4 is 10.8 Å². The maximum atomic E-state index is 6.13. The third-order valence-electron chi connectivity index (χ3n) is 3.10. The molecular weight excluding hydrogens is 210 g/mol. The first kappa shape index (κ1) is 11.9. The minimum atomic E-state index is 0.145. The third kappa shape index (κ3) is 2.59. The summed E-state index contributed by atoms with van der Waals surface area (Å²) in [6.45, 7) is 2.16. The van der Waals surface area contributed by atoms with Crippen LogP contribution in [0.25, 0.3) is 10.8 Å². The molecule has 0 aliphatic heterocycles. The fourth-order valence-electron chi connectivity index (χ4n) is 2.08. The van der Waals surface area contributed by atoms with Gasteiger partial charge in [-0.3, -0.25) is 0 Å². The predicted molar refractivity (Wildman–Crippen MR) is 72.3 cm³/mol. The Morgan fingerprint density at radius 2 is 1.82 bits per heavy atom. The van der Waals surface area contributed by atoms with Gasteiger partial charge in [-0.05, 0) is 41.0 Å². The van der Waals surface area contributed by atoms with Crippen LogP contribution in [0, 0.1) is 0 Å². The molecule has 0 aromatic heterocycles. The van der Waals surface area contributed by atoms with E-state index < -0.39 is 0 Å². The van der Waals surface area contributed by atoms with Gasteiger partial charge in [0, 0.05) is 6.04 Å². The fraction of sp³-hybridized carbons (Fsp3) is 0.333. The average molecular weight is 229 g/mol. The normalized spacial score (nSPS) is 12.6. The Kier molecular flexibility index (Phi) is 3.64. The van der Waals surface area contributed by atoms with Crippen LogP contribution in [-0.2, 0) is 0 Å². The molecule has 2 heteroatoms. The Morgan fingerprint density at radius 3 is 2.53 bits per heavy atom. The molecule has 0 saturated heterocycles. The van der Waals surface area contributed by atoms with Crippen LogP contribution in [0.3, 0.4) is 0 Å². The minimum Gasteiger partial charge on any atom is -0.497 e. The van der Waals surface area contributed by atoms with Crippen LogP contribution in [0.1, 0.15) is 31.4 Å². The second kappa shape index (κ2) is 5.19. The van der Waals surface area contributed by atoms with Crippen LogP contribution in [-0.4, -0.2) is 7.11 Å². The standard InChI is InChI=1S/C15H19NO/c1-3-4-15(16)13-6-5-12-10-14(17-2)8-7-11(12)9-13/h5-10,15H,3-4,16H2,1-2H3. The van der Waals surface area contributed by atoms with Gasteiger partial charge >= 0.3 is 0 Å². The molecule has 0 bridgehead atoms. The largest absolute Gasteiger partial charge is 0.497 e. The highest BCUT2D eigenvalue weighted by Gasteiger charge is 2.05. The summed E-state index contributed by atoms with van der Waals surface area (Å²) in [6, 6.07) is 12.7. The van der Waals surface area contributed by atoms with Crippen LogP contribution < -0.4 is 10.5 Å². The summed E-state index contributed by atoms with van der Waals surface area (Å²) in [7, 11) is 1.69. The maximum Gasteiger partial charge on any atom is 0.119 e. The molecule has 0 spiro atoms. The first-order valence-electron chi connectivity index (χ1n) is 6.08. The molecule has 0 fully saturated rings. The highest BCUT2D eigenvalue weighted by Crippen LogP contribution is 2.25. The van der Waals surface area contributed by atoms with Crippen molar-refractivity contribution in [1.29, 1.82) is 0 Å². The highest BCUT2D eigenvalue weighted by molar-refractivity contribution is 5.84. The maximum absolute atomic E-state index is 6.13. The molecule has 0 amide bonds. The van der Waals surface area contributed by atoms with Gasteiger partial charge in [0.05, 0.1) is 7.11 Å². The summed E-state index contributed by atoms with van der Waals surface area (Å²) in [5.41, 5.74) is 7.34. The van der Waals surface area contributed by atoms with Gasteiger partial charge in [-0.2, -0.15) is 0 Å². The topological polar surface area (TPSA) is 35.2 Å². The van der Waals surface area contributed by atoms with Crippen molar-refractivity contribution in [2.45, 2.75) is 25.8 Å². The molecule has 2 rings (SSSR count). The molecule has 2 nitrogen and oxygen atoms in total. The fourth-order valence-corrected chi connectivity index (χ4v) is 2.08. The lowest BCUT2D eigenvalue weighted by Crippen LogP contribution is -2.09. The lowest BCUT2D eigenvalue weighted by Gasteiger charge is -2.12. The zero-order valence-corrected chi connectivity index (χ0v) is 10.4. The molecular formula is C15H19NO. The van der Waals surface area contributed by atoms with Gasteiger partial charge in [-0.1, -0.05) is 31.5 Å². The van der Waals surface area contributed by atoms with Crippen molar-refractivity contribution in [2.24, 2.45) is 5.73 Å². The molecule has 90 valence electrons.